The molecular weight excluding hydrogens is 278 g/mol. The molecule has 2 aromatic heterocycles. The molecule has 102 valence electrons. The number of aromatic nitrogens is 2. The molecule has 3 rings (SSSR count). The Labute approximate surface area is 119 Å². The lowest BCUT2D eigenvalue weighted by molar-refractivity contribution is -0.118. The maximum atomic E-state index is 10.7. The summed E-state index contributed by atoms with van der Waals surface area (Å²) in [5.74, 6) is 0.312. The van der Waals surface area contributed by atoms with Crippen LogP contribution in [0.1, 0.15) is 6.42 Å². The minimum atomic E-state index is -0.378. The van der Waals surface area contributed by atoms with Crippen LogP contribution in [-0.2, 0) is 4.79 Å². The summed E-state index contributed by atoms with van der Waals surface area (Å²) in [6, 6.07) is 9.31. The van der Waals surface area contributed by atoms with Gasteiger partial charge in [-0.3, -0.25) is 4.79 Å². The predicted molar refractivity (Wildman–Crippen MR) is 77.9 cm³/mol. The highest BCUT2D eigenvalue weighted by Crippen LogP contribution is 2.28. The molecule has 0 aliphatic heterocycles. The molecule has 0 saturated carbocycles. The fourth-order valence-corrected chi connectivity index (χ4v) is 2.24. The second-order valence-electron chi connectivity index (χ2n) is 4.43. The maximum absolute atomic E-state index is 10.7. The quantitative estimate of drug-likeness (QED) is 0.724. The molecule has 3 N–H and O–H groups in total. The Bertz CT molecular complexity index is 798. The Morgan fingerprint density at radius 1 is 1.30 bits per heavy atom. The number of benzene rings is 1. The van der Waals surface area contributed by atoms with Gasteiger partial charge in [-0.05, 0) is 30.3 Å². The van der Waals surface area contributed by atoms with Gasteiger partial charge in [-0.25, -0.2) is 4.98 Å². The molecule has 1 amide bonds. The molecule has 6 heteroatoms. The van der Waals surface area contributed by atoms with Crippen molar-refractivity contribution < 1.29 is 9.53 Å². The summed E-state index contributed by atoms with van der Waals surface area (Å²) in [6.07, 6.45) is 0.198. The summed E-state index contributed by atoms with van der Waals surface area (Å²) >= 11 is 5.88. The van der Waals surface area contributed by atoms with E-state index < -0.39 is 0 Å². The van der Waals surface area contributed by atoms with Gasteiger partial charge < -0.3 is 15.5 Å². The fraction of sp³-hybridized carbons (Fsp3) is 0.143. The van der Waals surface area contributed by atoms with E-state index in [1.807, 2.05) is 24.3 Å². The van der Waals surface area contributed by atoms with Gasteiger partial charge in [0.2, 0.25) is 5.91 Å². The number of carbonyl (C=O) groups excluding carboxylic acids is 1. The van der Waals surface area contributed by atoms with Crippen LogP contribution >= 0.6 is 11.6 Å². The van der Waals surface area contributed by atoms with Gasteiger partial charge in [0.1, 0.15) is 16.5 Å². The highest BCUT2D eigenvalue weighted by molar-refractivity contribution is 6.30. The van der Waals surface area contributed by atoms with Crippen LogP contribution in [0.5, 0.6) is 5.75 Å². The summed E-state index contributed by atoms with van der Waals surface area (Å²) in [4.78, 5) is 18.1. The third-order valence-corrected chi connectivity index (χ3v) is 3.22. The predicted octanol–water partition coefficient (Wildman–Crippen LogP) is 2.62. The largest absolute Gasteiger partial charge is 0.493 e. The van der Waals surface area contributed by atoms with Crippen molar-refractivity contribution in [2.24, 2.45) is 5.73 Å². The zero-order chi connectivity index (χ0) is 14.1. The van der Waals surface area contributed by atoms with E-state index in [1.54, 1.807) is 6.07 Å². The number of nitrogens with two attached hydrogens (primary N) is 1. The number of halogens is 1. The number of fused-ring (bicyclic) bond motifs is 3. The van der Waals surface area contributed by atoms with Crippen LogP contribution in [0.3, 0.4) is 0 Å². The molecule has 3 aromatic rings. The van der Waals surface area contributed by atoms with Gasteiger partial charge in [0.25, 0.3) is 0 Å². The molecule has 1 aromatic carbocycles. The number of hydrogen-bond acceptors (Lipinski definition) is 3. The first-order valence-electron chi connectivity index (χ1n) is 6.12. The second kappa shape index (κ2) is 5.02. The topological polar surface area (TPSA) is 81.0 Å². The highest BCUT2D eigenvalue weighted by atomic mass is 35.5. The Balaban J connectivity index is 1.97. The van der Waals surface area contributed by atoms with Crippen LogP contribution in [0.4, 0.5) is 0 Å². The van der Waals surface area contributed by atoms with E-state index in [9.17, 15) is 4.79 Å². The number of nitrogens with zero attached hydrogens (tertiary/aromatic N) is 1. The SMILES string of the molecule is NC(=O)CCOc1ccc2[nH]c3nc(Cl)ccc3c2c1. The van der Waals surface area contributed by atoms with Gasteiger partial charge in [-0.2, -0.15) is 0 Å². The zero-order valence-corrected chi connectivity index (χ0v) is 11.3. The van der Waals surface area contributed by atoms with E-state index >= 15 is 0 Å². The van der Waals surface area contributed by atoms with Crippen LogP contribution in [0, 0.1) is 0 Å². The number of nitrogens with one attached hydrogen (secondary N) is 1. The monoisotopic (exact) mass is 289 g/mol. The number of rotatable bonds is 4. The number of amides is 1. The van der Waals surface area contributed by atoms with Crippen LogP contribution in [0.2, 0.25) is 5.15 Å². The first kappa shape index (κ1) is 12.7. The van der Waals surface area contributed by atoms with Gasteiger partial charge in [-0.15, -0.1) is 0 Å². The average Bonchev–Trinajstić information content (AvgIpc) is 2.75. The van der Waals surface area contributed by atoms with Gasteiger partial charge in [-0.1, -0.05) is 11.6 Å². The van der Waals surface area contributed by atoms with Crippen molar-refractivity contribution in [1.29, 1.82) is 0 Å². The average molecular weight is 290 g/mol. The van der Waals surface area contributed by atoms with Crippen molar-refractivity contribution in [2.75, 3.05) is 6.61 Å². The molecule has 0 spiro atoms. The Morgan fingerprint density at radius 3 is 2.95 bits per heavy atom. The summed E-state index contributed by atoms with van der Waals surface area (Å²) in [5.41, 5.74) is 6.77. The van der Waals surface area contributed by atoms with Crippen LogP contribution in [-0.4, -0.2) is 22.5 Å². The van der Waals surface area contributed by atoms with Gasteiger partial charge in [0.15, 0.2) is 0 Å². The summed E-state index contributed by atoms with van der Waals surface area (Å²) in [7, 11) is 0. The van der Waals surface area contributed by atoms with E-state index in [2.05, 4.69) is 9.97 Å². The molecule has 0 bridgehead atoms. The molecule has 0 aliphatic rings. The minimum absolute atomic E-state index is 0.198. The standard InChI is InChI=1S/C14H12ClN3O2/c15-12-4-2-9-10-7-8(20-6-5-13(16)19)1-3-11(10)17-14(9)18-12/h1-4,7H,5-6H2,(H2,16,19)(H,17,18). The van der Waals surface area contributed by atoms with Gasteiger partial charge in [0, 0.05) is 16.3 Å². The summed E-state index contributed by atoms with van der Waals surface area (Å²) in [6.45, 7) is 0.271. The number of carbonyl (C=O) groups is 1. The van der Waals surface area contributed by atoms with Crippen LogP contribution in [0.15, 0.2) is 30.3 Å². The second-order valence-corrected chi connectivity index (χ2v) is 4.81. The van der Waals surface area contributed by atoms with E-state index in [-0.39, 0.29) is 18.9 Å². The normalized spacial score (nSPS) is 11.1. The van der Waals surface area contributed by atoms with Crippen molar-refractivity contribution in [1.82, 2.24) is 9.97 Å². The molecular formula is C14H12ClN3O2. The lowest BCUT2D eigenvalue weighted by atomic mass is 10.2. The number of pyridine rings is 1. The first-order valence-corrected chi connectivity index (χ1v) is 6.50. The minimum Gasteiger partial charge on any atom is -0.493 e. The van der Waals surface area contributed by atoms with E-state index in [0.29, 0.717) is 10.9 Å². The molecule has 0 radical (unpaired) electrons. The third kappa shape index (κ3) is 2.40. The van der Waals surface area contributed by atoms with Crippen LogP contribution in [0.25, 0.3) is 21.9 Å². The van der Waals surface area contributed by atoms with E-state index in [1.165, 1.54) is 0 Å². The summed E-state index contributed by atoms with van der Waals surface area (Å²) in [5, 5.41) is 2.42. The molecule has 0 saturated heterocycles. The lowest BCUT2D eigenvalue weighted by Gasteiger charge is -2.04. The van der Waals surface area contributed by atoms with Crippen molar-refractivity contribution in [2.45, 2.75) is 6.42 Å². The number of ether oxygens (including phenoxy) is 1. The van der Waals surface area contributed by atoms with Gasteiger partial charge >= 0.3 is 0 Å². The van der Waals surface area contributed by atoms with Crippen molar-refractivity contribution in [3.8, 4) is 5.75 Å². The number of hydrogen-bond donors (Lipinski definition) is 2. The first-order chi connectivity index (χ1) is 9.63. The molecule has 20 heavy (non-hydrogen) atoms. The molecule has 0 fully saturated rings. The van der Waals surface area contributed by atoms with E-state index in [0.717, 1.165) is 21.9 Å². The molecule has 2 heterocycles. The van der Waals surface area contributed by atoms with Gasteiger partial charge in [0.05, 0.1) is 13.0 Å². The molecule has 0 unspecified atom stereocenters. The number of primary amides is 1. The summed E-state index contributed by atoms with van der Waals surface area (Å²) < 4.78 is 5.51. The van der Waals surface area contributed by atoms with Crippen molar-refractivity contribution in [3.05, 3.63) is 35.5 Å². The maximum Gasteiger partial charge on any atom is 0.220 e. The molecule has 0 aliphatic carbocycles. The Morgan fingerprint density at radius 2 is 2.15 bits per heavy atom. The molecule has 5 nitrogen and oxygen atoms in total. The number of H-pyrrole nitrogens is 1. The third-order valence-electron chi connectivity index (χ3n) is 3.01. The fourth-order valence-electron chi connectivity index (χ4n) is 2.09. The van der Waals surface area contributed by atoms with Crippen LogP contribution < -0.4 is 10.5 Å². The van der Waals surface area contributed by atoms with Crippen molar-refractivity contribution in [3.63, 3.8) is 0 Å². The molecule has 0 atom stereocenters. The van der Waals surface area contributed by atoms with Crippen molar-refractivity contribution >= 4 is 39.4 Å². The smallest absolute Gasteiger partial charge is 0.220 e. The highest BCUT2D eigenvalue weighted by Gasteiger charge is 2.07. The number of aromatic amines is 1. The Kier molecular flexibility index (Phi) is 3.20. The zero-order valence-electron chi connectivity index (χ0n) is 10.5. The Hall–Kier alpha value is -2.27. The van der Waals surface area contributed by atoms with E-state index in [4.69, 9.17) is 22.1 Å². The lowest BCUT2D eigenvalue weighted by Crippen LogP contribution is -2.14.